The van der Waals surface area contributed by atoms with E-state index in [1.54, 1.807) is 0 Å². The number of carbonyl (C=O) groups excluding carboxylic acids is 1. The van der Waals surface area contributed by atoms with Gasteiger partial charge in [0.05, 0.1) is 0 Å². The lowest BCUT2D eigenvalue weighted by atomic mass is 9.89. The van der Waals surface area contributed by atoms with Crippen molar-refractivity contribution in [1.29, 1.82) is 0 Å². The van der Waals surface area contributed by atoms with E-state index in [2.05, 4.69) is 22.4 Å². The van der Waals surface area contributed by atoms with E-state index in [4.69, 9.17) is 0 Å². The molecule has 0 bridgehead atoms. The normalized spacial score (nSPS) is 23.0. The van der Waals surface area contributed by atoms with Gasteiger partial charge in [-0.3, -0.25) is 4.90 Å². The Bertz CT molecular complexity index is 374. The first kappa shape index (κ1) is 16.3. The molecule has 0 aromatic carbocycles. The SMILES string of the molecule is CC(C)(CO)CCCNC(=O)N1CC[C@@H](N2CC=CC2)C1. The largest absolute Gasteiger partial charge is 0.396 e. The molecule has 2 rings (SSSR count). The molecule has 2 heterocycles. The molecule has 0 aliphatic carbocycles. The second-order valence-electron chi connectivity index (χ2n) is 6.97. The molecule has 0 aromatic heterocycles. The van der Waals surface area contributed by atoms with Gasteiger partial charge in [0, 0.05) is 45.4 Å². The maximum atomic E-state index is 12.1. The number of likely N-dealkylation sites (tertiary alicyclic amines) is 1. The Morgan fingerprint density at radius 3 is 2.76 bits per heavy atom. The summed E-state index contributed by atoms with van der Waals surface area (Å²) in [5.41, 5.74) is -0.0494. The third-order valence-electron chi connectivity index (χ3n) is 4.55. The highest BCUT2D eigenvalue weighted by molar-refractivity contribution is 5.74. The summed E-state index contributed by atoms with van der Waals surface area (Å²) in [6, 6.07) is 0.575. The van der Waals surface area contributed by atoms with Crippen LogP contribution in [0.1, 0.15) is 33.1 Å². The lowest BCUT2D eigenvalue weighted by molar-refractivity contribution is 0.147. The fourth-order valence-corrected chi connectivity index (χ4v) is 2.97. The number of aliphatic hydroxyl groups is 1. The minimum absolute atomic E-state index is 0.0494. The number of hydrogen-bond acceptors (Lipinski definition) is 3. The Balaban J connectivity index is 1.63. The van der Waals surface area contributed by atoms with E-state index in [1.165, 1.54) is 0 Å². The molecule has 5 heteroatoms. The minimum atomic E-state index is -0.0494. The summed E-state index contributed by atoms with van der Waals surface area (Å²) in [5.74, 6) is 0. The molecule has 0 unspecified atom stereocenters. The van der Waals surface area contributed by atoms with E-state index in [1.807, 2.05) is 18.7 Å². The number of amides is 2. The van der Waals surface area contributed by atoms with Gasteiger partial charge in [0.25, 0.3) is 0 Å². The Morgan fingerprint density at radius 1 is 1.38 bits per heavy atom. The summed E-state index contributed by atoms with van der Waals surface area (Å²) in [7, 11) is 0. The highest BCUT2D eigenvalue weighted by Gasteiger charge is 2.30. The van der Waals surface area contributed by atoms with Gasteiger partial charge in [-0.05, 0) is 24.7 Å². The lowest BCUT2D eigenvalue weighted by Gasteiger charge is -2.24. The number of carbonyl (C=O) groups is 1. The van der Waals surface area contributed by atoms with E-state index in [0.717, 1.165) is 45.4 Å². The number of urea groups is 1. The molecule has 5 nitrogen and oxygen atoms in total. The zero-order chi connectivity index (χ0) is 15.3. The highest BCUT2D eigenvalue weighted by atomic mass is 16.3. The van der Waals surface area contributed by atoms with Crippen LogP contribution in [0.15, 0.2) is 12.2 Å². The molecule has 2 aliphatic heterocycles. The summed E-state index contributed by atoms with van der Waals surface area (Å²) in [4.78, 5) is 16.5. The summed E-state index contributed by atoms with van der Waals surface area (Å²) in [6.07, 6.45) is 7.31. The molecule has 120 valence electrons. The molecule has 0 radical (unpaired) electrons. The van der Waals surface area contributed by atoms with Crippen LogP contribution in [0.2, 0.25) is 0 Å². The smallest absolute Gasteiger partial charge is 0.317 e. The van der Waals surface area contributed by atoms with Crippen molar-refractivity contribution < 1.29 is 9.90 Å². The number of rotatable bonds is 6. The van der Waals surface area contributed by atoms with Gasteiger partial charge in [0.1, 0.15) is 0 Å². The fourth-order valence-electron chi connectivity index (χ4n) is 2.97. The quantitative estimate of drug-likeness (QED) is 0.576. The van der Waals surface area contributed by atoms with Crippen molar-refractivity contribution in [2.24, 2.45) is 5.41 Å². The molecule has 0 saturated carbocycles. The van der Waals surface area contributed by atoms with E-state index in [9.17, 15) is 9.90 Å². The van der Waals surface area contributed by atoms with Crippen LogP contribution in [0.25, 0.3) is 0 Å². The van der Waals surface area contributed by atoms with Gasteiger partial charge in [-0.25, -0.2) is 4.79 Å². The molecule has 1 saturated heterocycles. The first-order valence-corrected chi connectivity index (χ1v) is 8.04. The number of aliphatic hydroxyl groups excluding tert-OH is 1. The number of nitrogens with one attached hydrogen (secondary N) is 1. The van der Waals surface area contributed by atoms with Crippen molar-refractivity contribution >= 4 is 6.03 Å². The average molecular weight is 295 g/mol. The zero-order valence-electron chi connectivity index (χ0n) is 13.3. The van der Waals surface area contributed by atoms with Crippen molar-refractivity contribution in [2.45, 2.75) is 39.2 Å². The van der Waals surface area contributed by atoms with E-state index < -0.39 is 0 Å². The van der Waals surface area contributed by atoms with Gasteiger partial charge in [-0.15, -0.1) is 0 Å². The van der Waals surface area contributed by atoms with Gasteiger partial charge >= 0.3 is 6.03 Å². The first-order valence-electron chi connectivity index (χ1n) is 8.04. The molecule has 1 fully saturated rings. The van der Waals surface area contributed by atoms with Gasteiger partial charge in [0.2, 0.25) is 0 Å². The van der Waals surface area contributed by atoms with Crippen LogP contribution in [0, 0.1) is 5.41 Å². The van der Waals surface area contributed by atoms with Crippen LogP contribution in [-0.2, 0) is 0 Å². The Kier molecular flexibility index (Phi) is 5.65. The maximum absolute atomic E-state index is 12.1. The molecule has 2 N–H and O–H groups in total. The molecule has 21 heavy (non-hydrogen) atoms. The maximum Gasteiger partial charge on any atom is 0.317 e. The van der Waals surface area contributed by atoms with E-state index >= 15 is 0 Å². The molecular formula is C16H29N3O2. The van der Waals surface area contributed by atoms with Crippen molar-refractivity contribution in [2.75, 3.05) is 39.3 Å². The second-order valence-corrected chi connectivity index (χ2v) is 6.97. The fraction of sp³-hybridized carbons (Fsp3) is 0.812. The second kappa shape index (κ2) is 7.27. The molecule has 2 aliphatic rings. The van der Waals surface area contributed by atoms with E-state index in [-0.39, 0.29) is 18.1 Å². The van der Waals surface area contributed by atoms with Crippen LogP contribution < -0.4 is 5.32 Å². The van der Waals surface area contributed by atoms with Gasteiger partial charge in [-0.2, -0.15) is 0 Å². The zero-order valence-corrected chi connectivity index (χ0v) is 13.3. The molecule has 1 atom stereocenters. The monoisotopic (exact) mass is 295 g/mol. The van der Waals surface area contributed by atoms with Gasteiger partial charge in [-0.1, -0.05) is 26.0 Å². The first-order chi connectivity index (χ1) is 10.0. The summed E-state index contributed by atoms with van der Waals surface area (Å²) in [6.45, 7) is 8.72. The summed E-state index contributed by atoms with van der Waals surface area (Å²) >= 11 is 0. The summed E-state index contributed by atoms with van der Waals surface area (Å²) < 4.78 is 0. The third-order valence-corrected chi connectivity index (χ3v) is 4.55. The van der Waals surface area contributed by atoms with Crippen LogP contribution in [0.4, 0.5) is 4.79 Å². The number of hydrogen-bond donors (Lipinski definition) is 2. The van der Waals surface area contributed by atoms with Crippen molar-refractivity contribution in [1.82, 2.24) is 15.1 Å². The summed E-state index contributed by atoms with van der Waals surface area (Å²) in [5, 5.41) is 12.2. The highest BCUT2D eigenvalue weighted by Crippen LogP contribution is 2.21. The van der Waals surface area contributed by atoms with Crippen molar-refractivity contribution in [3.05, 3.63) is 12.2 Å². The third kappa shape index (κ3) is 4.71. The predicted molar refractivity (Wildman–Crippen MR) is 84.2 cm³/mol. The lowest BCUT2D eigenvalue weighted by Crippen LogP contribution is -2.42. The van der Waals surface area contributed by atoms with Gasteiger partial charge in [0.15, 0.2) is 0 Å². The predicted octanol–water partition coefficient (Wildman–Crippen LogP) is 1.44. The topological polar surface area (TPSA) is 55.8 Å². The Labute approximate surface area is 128 Å². The average Bonchev–Trinajstić information content (AvgIpc) is 3.13. The van der Waals surface area contributed by atoms with Crippen LogP contribution in [-0.4, -0.2) is 66.3 Å². The van der Waals surface area contributed by atoms with Crippen molar-refractivity contribution in [3.8, 4) is 0 Å². The minimum Gasteiger partial charge on any atom is -0.396 e. The Hall–Kier alpha value is -1.07. The molecule has 2 amide bonds. The van der Waals surface area contributed by atoms with Crippen molar-refractivity contribution in [3.63, 3.8) is 0 Å². The van der Waals surface area contributed by atoms with E-state index in [0.29, 0.717) is 12.6 Å². The van der Waals surface area contributed by atoms with Gasteiger partial charge < -0.3 is 15.3 Å². The molecule has 0 spiro atoms. The molecular weight excluding hydrogens is 266 g/mol. The van der Waals surface area contributed by atoms with Crippen LogP contribution in [0.5, 0.6) is 0 Å². The van der Waals surface area contributed by atoms with Crippen LogP contribution >= 0.6 is 0 Å². The number of nitrogens with zero attached hydrogens (tertiary/aromatic N) is 2. The molecule has 0 aromatic rings. The standard InChI is InChI=1S/C16H29N3O2/c1-16(2,13-20)7-5-8-17-15(21)19-11-6-14(12-19)18-9-3-4-10-18/h3-4,14,20H,5-13H2,1-2H3,(H,17,21)/t14-/m1/s1. The Morgan fingerprint density at radius 2 is 2.10 bits per heavy atom. The van der Waals surface area contributed by atoms with Crippen LogP contribution in [0.3, 0.4) is 0 Å².